The lowest BCUT2D eigenvalue weighted by Crippen LogP contribution is -1.94. The molecule has 0 aliphatic rings. The predicted octanol–water partition coefficient (Wildman–Crippen LogP) is 2.10. The lowest BCUT2D eigenvalue weighted by atomic mass is 10.2. The summed E-state index contributed by atoms with van der Waals surface area (Å²) in [5.74, 6) is 0.490. The van der Waals surface area contributed by atoms with Crippen molar-refractivity contribution in [2.45, 2.75) is 6.92 Å². The maximum absolute atomic E-state index is 5.69. The van der Waals surface area contributed by atoms with Crippen LogP contribution >= 0.6 is 11.3 Å². The number of aromatic nitrogens is 2. The molecule has 0 saturated carbocycles. The average Bonchev–Trinajstić information content (AvgIpc) is 2.53. The van der Waals surface area contributed by atoms with Crippen LogP contribution < -0.4 is 5.73 Å². The first-order chi connectivity index (χ1) is 6.27. The number of nitrogens with two attached hydrogens (primary N) is 1. The van der Waals surface area contributed by atoms with Gasteiger partial charge in [-0.15, -0.1) is 16.4 Å². The fourth-order valence-electron chi connectivity index (χ4n) is 1.12. The molecule has 2 heterocycles. The van der Waals surface area contributed by atoms with E-state index in [0.29, 0.717) is 5.82 Å². The van der Waals surface area contributed by atoms with Gasteiger partial charge in [-0.1, -0.05) is 0 Å². The smallest absolute Gasteiger partial charge is 0.154 e. The molecule has 2 aromatic rings. The van der Waals surface area contributed by atoms with Crippen LogP contribution in [0.15, 0.2) is 23.7 Å². The number of nitrogen functional groups attached to an aromatic ring is 1. The number of anilines is 1. The van der Waals surface area contributed by atoms with E-state index < -0.39 is 0 Å². The van der Waals surface area contributed by atoms with Crippen molar-refractivity contribution in [2.75, 3.05) is 5.73 Å². The second-order valence-corrected chi connectivity index (χ2v) is 3.73. The second kappa shape index (κ2) is 3.14. The van der Waals surface area contributed by atoms with Gasteiger partial charge in [0.2, 0.25) is 0 Å². The van der Waals surface area contributed by atoms with E-state index in [9.17, 15) is 0 Å². The summed E-state index contributed by atoms with van der Waals surface area (Å²) in [6.45, 7) is 2.06. The summed E-state index contributed by atoms with van der Waals surface area (Å²) in [7, 11) is 0. The normalized spacial score (nSPS) is 10.2. The maximum atomic E-state index is 5.69. The summed E-state index contributed by atoms with van der Waals surface area (Å²) in [6.07, 6.45) is 1.65. The molecule has 0 aliphatic heterocycles. The monoisotopic (exact) mass is 191 g/mol. The summed E-state index contributed by atoms with van der Waals surface area (Å²) in [6, 6.07) is 3.98. The Morgan fingerprint density at radius 1 is 1.46 bits per heavy atom. The van der Waals surface area contributed by atoms with Gasteiger partial charge in [-0.2, -0.15) is 5.10 Å². The highest BCUT2D eigenvalue weighted by Gasteiger charge is 2.04. The lowest BCUT2D eigenvalue weighted by molar-refractivity contribution is 1.04. The third-order valence-electron chi connectivity index (χ3n) is 1.75. The van der Waals surface area contributed by atoms with Crippen molar-refractivity contribution >= 4 is 17.2 Å². The summed E-state index contributed by atoms with van der Waals surface area (Å²) >= 11 is 1.67. The molecule has 2 rings (SSSR count). The van der Waals surface area contributed by atoms with Crippen LogP contribution in [0.25, 0.3) is 10.4 Å². The van der Waals surface area contributed by atoms with E-state index in [4.69, 9.17) is 5.73 Å². The highest BCUT2D eigenvalue weighted by Crippen LogP contribution is 2.29. The number of hydrogen-bond acceptors (Lipinski definition) is 4. The summed E-state index contributed by atoms with van der Waals surface area (Å²) in [5.41, 5.74) is 7.91. The van der Waals surface area contributed by atoms with Crippen LogP contribution in [0.2, 0.25) is 0 Å². The van der Waals surface area contributed by atoms with Crippen molar-refractivity contribution in [1.82, 2.24) is 10.2 Å². The Balaban J connectivity index is 2.52. The zero-order valence-corrected chi connectivity index (χ0v) is 8.01. The summed E-state index contributed by atoms with van der Waals surface area (Å²) in [5, 5.41) is 9.60. The zero-order valence-electron chi connectivity index (χ0n) is 7.19. The largest absolute Gasteiger partial charge is 0.382 e. The van der Waals surface area contributed by atoms with Gasteiger partial charge in [0, 0.05) is 10.4 Å². The fraction of sp³-hybridized carbons (Fsp3) is 0.111. The Bertz CT molecular complexity index is 422. The number of rotatable bonds is 1. The molecule has 0 bridgehead atoms. The molecule has 0 aliphatic carbocycles. The van der Waals surface area contributed by atoms with E-state index in [1.807, 2.05) is 6.07 Å². The van der Waals surface area contributed by atoms with E-state index in [2.05, 4.69) is 28.6 Å². The van der Waals surface area contributed by atoms with Crippen LogP contribution in [0.4, 0.5) is 5.82 Å². The SMILES string of the molecule is Cc1csc(-c2ccnnc2N)c1. The quantitative estimate of drug-likeness (QED) is 0.751. The Hall–Kier alpha value is -1.42. The van der Waals surface area contributed by atoms with E-state index >= 15 is 0 Å². The van der Waals surface area contributed by atoms with Gasteiger partial charge >= 0.3 is 0 Å². The minimum Gasteiger partial charge on any atom is -0.382 e. The molecule has 0 aromatic carbocycles. The Labute approximate surface area is 80.2 Å². The Morgan fingerprint density at radius 2 is 2.31 bits per heavy atom. The first-order valence-electron chi connectivity index (χ1n) is 3.90. The molecule has 0 unspecified atom stereocenters. The van der Waals surface area contributed by atoms with Crippen LogP contribution in [-0.4, -0.2) is 10.2 Å². The van der Waals surface area contributed by atoms with E-state index in [1.165, 1.54) is 5.56 Å². The van der Waals surface area contributed by atoms with Gasteiger partial charge in [-0.25, -0.2) is 0 Å². The molecular formula is C9H9N3S. The van der Waals surface area contributed by atoms with Gasteiger partial charge < -0.3 is 5.73 Å². The van der Waals surface area contributed by atoms with E-state index in [-0.39, 0.29) is 0 Å². The lowest BCUT2D eigenvalue weighted by Gasteiger charge is -1.98. The molecule has 4 heteroatoms. The summed E-state index contributed by atoms with van der Waals surface area (Å²) in [4.78, 5) is 1.14. The van der Waals surface area contributed by atoms with Crippen LogP contribution in [0.3, 0.4) is 0 Å². The standard InChI is InChI=1S/C9H9N3S/c1-6-4-8(13-5-6)7-2-3-11-12-9(7)10/h2-5H,1H3,(H2,10,12). The average molecular weight is 191 g/mol. The van der Waals surface area contributed by atoms with Crippen LogP contribution in [0, 0.1) is 6.92 Å². The van der Waals surface area contributed by atoms with Gasteiger partial charge in [0.1, 0.15) is 0 Å². The topological polar surface area (TPSA) is 51.8 Å². The molecule has 2 N–H and O–H groups in total. The molecule has 0 atom stereocenters. The molecule has 66 valence electrons. The predicted molar refractivity (Wildman–Crippen MR) is 54.5 cm³/mol. The van der Waals surface area contributed by atoms with Crippen LogP contribution in [0.1, 0.15) is 5.56 Å². The van der Waals surface area contributed by atoms with Gasteiger partial charge in [0.25, 0.3) is 0 Å². The molecule has 2 aromatic heterocycles. The molecule has 0 saturated heterocycles. The molecule has 0 radical (unpaired) electrons. The molecule has 13 heavy (non-hydrogen) atoms. The van der Waals surface area contributed by atoms with Gasteiger partial charge in [0.15, 0.2) is 5.82 Å². The second-order valence-electron chi connectivity index (χ2n) is 2.82. The number of nitrogens with zero attached hydrogens (tertiary/aromatic N) is 2. The van der Waals surface area contributed by atoms with Crippen molar-refractivity contribution in [2.24, 2.45) is 0 Å². The number of aryl methyl sites for hydroxylation is 1. The number of thiophene rings is 1. The third-order valence-corrected chi connectivity index (χ3v) is 2.83. The van der Waals surface area contributed by atoms with Gasteiger partial charge in [-0.3, -0.25) is 0 Å². The van der Waals surface area contributed by atoms with Gasteiger partial charge in [-0.05, 0) is 30.0 Å². The summed E-state index contributed by atoms with van der Waals surface area (Å²) < 4.78 is 0. The zero-order chi connectivity index (χ0) is 9.26. The first kappa shape index (κ1) is 8.19. The highest BCUT2D eigenvalue weighted by atomic mass is 32.1. The third kappa shape index (κ3) is 1.53. The van der Waals surface area contributed by atoms with E-state index in [1.54, 1.807) is 17.5 Å². The highest BCUT2D eigenvalue weighted by molar-refractivity contribution is 7.13. The number of hydrogen-bond donors (Lipinski definition) is 1. The van der Waals surface area contributed by atoms with Crippen molar-refractivity contribution in [3.63, 3.8) is 0 Å². The van der Waals surface area contributed by atoms with Crippen molar-refractivity contribution in [1.29, 1.82) is 0 Å². The Morgan fingerprint density at radius 3 is 2.92 bits per heavy atom. The van der Waals surface area contributed by atoms with Crippen LogP contribution in [-0.2, 0) is 0 Å². The minimum atomic E-state index is 0.490. The van der Waals surface area contributed by atoms with E-state index in [0.717, 1.165) is 10.4 Å². The van der Waals surface area contributed by atoms with Crippen LogP contribution in [0.5, 0.6) is 0 Å². The fourth-order valence-corrected chi connectivity index (χ4v) is 2.06. The molecule has 3 nitrogen and oxygen atoms in total. The van der Waals surface area contributed by atoms with Crippen molar-refractivity contribution in [3.05, 3.63) is 29.3 Å². The molecule has 0 spiro atoms. The first-order valence-corrected chi connectivity index (χ1v) is 4.78. The molecule has 0 fully saturated rings. The Kier molecular flexibility index (Phi) is 1.98. The minimum absolute atomic E-state index is 0.490. The molecule has 0 amide bonds. The van der Waals surface area contributed by atoms with Crippen molar-refractivity contribution < 1.29 is 0 Å². The molecular weight excluding hydrogens is 182 g/mol. The maximum Gasteiger partial charge on any atom is 0.154 e. The van der Waals surface area contributed by atoms with Crippen molar-refractivity contribution in [3.8, 4) is 10.4 Å². The van der Waals surface area contributed by atoms with Gasteiger partial charge in [0.05, 0.1) is 6.20 Å².